The number of carbonyl (C=O) groups excluding carboxylic acids is 1. The van der Waals surface area contributed by atoms with E-state index >= 15 is 0 Å². The molecule has 1 amide bonds. The zero-order chi connectivity index (χ0) is 14.8. The highest BCUT2D eigenvalue weighted by molar-refractivity contribution is 5.96. The van der Waals surface area contributed by atoms with E-state index < -0.39 is 0 Å². The largest absolute Gasteiger partial charge is 0.308 e. The summed E-state index contributed by atoms with van der Waals surface area (Å²) in [5.74, 6) is 0.449. The predicted octanol–water partition coefficient (Wildman–Crippen LogP) is 3.64. The van der Waals surface area contributed by atoms with Gasteiger partial charge in [-0.3, -0.25) is 9.78 Å². The molecule has 1 saturated carbocycles. The van der Waals surface area contributed by atoms with Gasteiger partial charge < -0.3 is 4.90 Å². The van der Waals surface area contributed by atoms with Crippen LogP contribution in [0.3, 0.4) is 0 Å². The van der Waals surface area contributed by atoms with E-state index in [1.807, 2.05) is 29.3 Å². The first-order chi connectivity index (χ1) is 10.1. The van der Waals surface area contributed by atoms with Gasteiger partial charge in [-0.2, -0.15) is 0 Å². The molecule has 0 saturated heterocycles. The van der Waals surface area contributed by atoms with Crippen LogP contribution in [0.5, 0.6) is 0 Å². The summed E-state index contributed by atoms with van der Waals surface area (Å²) in [6.07, 6.45) is 5.63. The maximum Gasteiger partial charge on any atom is 0.230 e. The van der Waals surface area contributed by atoms with E-state index in [4.69, 9.17) is 0 Å². The monoisotopic (exact) mass is 280 g/mol. The highest BCUT2D eigenvalue weighted by Crippen LogP contribution is 2.33. The highest BCUT2D eigenvalue weighted by Gasteiger charge is 2.34. The van der Waals surface area contributed by atoms with Gasteiger partial charge in [0.15, 0.2) is 0 Å². The number of benzene rings is 1. The van der Waals surface area contributed by atoms with Crippen molar-refractivity contribution < 1.29 is 4.79 Å². The van der Waals surface area contributed by atoms with Crippen LogP contribution in [0.2, 0.25) is 0 Å². The molecule has 21 heavy (non-hydrogen) atoms. The van der Waals surface area contributed by atoms with Crippen molar-refractivity contribution >= 4 is 11.6 Å². The Labute approximate surface area is 125 Å². The molecule has 1 aliphatic rings. The predicted molar refractivity (Wildman–Crippen MR) is 84.1 cm³/mol. The molecule has 0 spiro atoms. The molecule has 1 heterocycles. The first kappa shape index (κ1) is 13.8. The van der Waals surface area contributed by atoms with Crippen molar-refractivity contribution in [1.82, 2.24) is 4.98 Å². The lowest BCUT2D eigenvalue weighted by Gasteiger charge is -2.24. The first-order valence-corrected chi connectivity index (χ1v) is 7.42. The number of hydrogen-bond donors (Lipinski definition) is 0. The van der Waals surface area contributed by atoms with Gasteiger partial charge in [-0.15, -0.1) is 0 Å². The van der Waals surface area contributed by atoms with Crippen LogP contribution in [-0.4, -0.2) is 10.9 Å². The Balaban J connectivity index is 1.91. The van der Waals surface area contributed by atoms with Gasteiger partial charge in [0.2, 0.25) is 5.91 Å². The molecule has 3 heteroatoms. The molecule has 1 fully saturated rings. The fourth-order valence-electron chi connectivity index (χ4n) is 2.41. The second-order valence-corrected chi connectivity index (χ2v) is 5.83. The van der Waals surface area contributed by atoms with Crippen LogP contribution in [0.15, 0.2) is 42.7 Å². The van der Waals surface area contributed by atoms with Gasteiger partial charge in [0, 0.05) is 24.0 Å². The Kier molecular flexibility index (Phi) is 3.74. The van der Waals surface area contributed by atoms with Crippen LogP contribution in [0, 0.1) is 19.8 Å². The van der Waals surface area contributed by atoms with Gasteiger partial charge in [0.05, 0.1) is 6.54 Å². The summed E-state index contributed by atoms with van der Waals surface area (Å²) in [4.78, 5) is 18.7. The maximum absolute atomic E-state index is 12.6. The van der Waals surface area contributed by atoms with Crippen molar-refractivity contribution in [2.75, 3.05) is 4.90 Å². The number of hydrogen-bond acceptors (Lipinski definition) is 2. The minimum atomic E-state index is 0.211. The van der Waals surface area contributed by atoms with Crippen molar-refractivity contribution in [2.24, 2.45) is 5.92 Å². The lowest BCUT2D eigenvalue weighted by Crippen LogP contribution is -2.31. The molecule has 1 aliphatic carbocycles. The zero-order valence-electron chi connectivity index (χ0n) is 12.5. The van der Waals surface area contributed by atoms with Crippen LogP contribution in [0.25, 0.3) is 0 Å². The molecule has 3 nitrogen and oxygen atoms in total. The van der Waals surface area contributed by atoms with E-state index in [2.05, 4.69) is 31.0 Å². The first-order valence-electron chi connectivity index (χ1n) is 7.42. The summed E-state index contributed by atoms with van der Waals surface area (Å²) in [6.45, 7) is 4.77. The van der Waals surface area contributed by atoms with Crippen molar-refractivity contribution in [2.45, 2.75) is 33.2 Å². The smallest absolute Gasteiger partial charge is 0.230 e. The van der Waals surface area contributed by atoms with Crippen LogP contribution < -0.4 is 4.90 Å². The quantitative estimate of drug-likeness (QED) is 0.856. The second-order valence-electron chi connectivity index (χ2n) is 5.83. The molecule has 1 aromatic heterocycles. The van der Waals surface area contributed by atoms with Crippen molar-refractivity contribution in [3.05, 3.63) is 59.4 Å². The molecule has 1 aromatic carbocycles. The SMILES string of the molecule is Cc1ccc(N(Cc2cccnc2)C(=O)C2CC2)cc1C. The minimum Gasteiger partial charge on any atom is -0.308 e. The van der Waals surface area contributed by atoms with Gasteiger partial charge in [-0.05, 0) is 61.6 Å². The lowest BCUT2D eigenvalue weighted by atomic mass is 10.1. The number of rotatable bonds is 4. The number of nitrogens with zero attached hydrogens (tertiary/aromatic N) is 2. The van der Waals surface area contributed by atoms with E-state index in [9.17, 15) is 4.79 Å². The van der Waals surface area contributed by atoms with E-state index in [1.54, 1.807) is 6.20 Å². The fourth-order valence-corrected chi connectivity index (χ4v) is 2.41. The maximum atomic E-state index is 12.6. The molecule has 2 aromatic rings. The average Bonchev–Trinajstić information content (AvgIpc) is 3.33. The number of amides is 1. The fraction of sp³-hybridized carbons (Fsp3) is 0.333. The molecule has 0 bridgehead atoms. The van der Waals surface area contributed by atoms with Gasteiger partial charge >= 0.3 is 0 Å². The van der Waals surface area contributed by atoms with Crippen LogP contribution in [0.4, 0.5) is 5.69 Å². The number of aromatic nitrogens is 1. The van der Waals surface area contributed by atoms with Crippen molar-refractivity contribution in [1.29, 1.82) is 0 Å². The Hall–Kier alpha value is -2.16. The summed E-state index contributed by atoms with van der Waals surface area (Å²) in [5.41, 5.74) is 4.51. The standard InChI is InChI=1S/C18H20N2O/c1-13-5-8-17(10-14(13)2)20(18(21)16-6-7-16)12-15-4-3-9-19-11-15/h3-5,8-11,16H,6-7,12H2,1-2H3. The summed E-state index contributed by atoms with van der Waals surface area (Å²) in [7, 11) is 0. The van der Waals surface area contributed by atoms with Crippen molar-refractivity contribution in [3.63, 3.8) is 0 Å². The minimum absolute atomic E-state index is 0.211. The normalized spacial score (nSPS) is 14.0. The zero-order valence-corrected chi connectivity index (χ0v) is 12.5. The Morgan fingerprint density at radius 2 is 2.05 bits per heavy atom. The lowest BCUT2D eigenvalue weighted by molar-refractivity contribution is -0.119. The van der Waals surface area contributed by atoms with Crippen molar-refractivity contribution in [3.8, 4) is 0 Å². The molecule has 0 atom stereocenters. The summed E-state index contributed by atoms with van der Waals surface area (Å²) >= 11 is 0. The van der Waals surface area contributed by atoms with Crippen LogP contribution in [0.1, 0.15) is 29.5 Å². The van der Waals surface area contributed by atoms with Gasteiger partial charge in [0.25, 0.3) is 0 Å². The highest BCUT2D eigenvalue weighted by atomic mass is 16.2. The number of anilines is 1. The molecule has 3 rings (SSSR count). The topological polar surface area (TPSA) is 33.2 Å². The van der Waals surface area contributed by atoms with E-state index in [0.717, 1.165) is 24.1 Å². The van der Waals surface area contributed by atoms with Gasteiger partial charge in [0.1, 0.15) is 0 Å². The number of aryl methyl sites for hydroxylation is 2. The second kappa shape index (κ2) is 5.68. The molecular formula is C18H20N2O. The molecular weight excluding hydrogens is 260 g/mol. The average molecular weight is 280 g/mol. The Bertz CT molecular complexity index is 648. The molecule has 0 radical (unpaired) electrons. The van der Waals surface area contributed by atoms with Gasteiger partial charge in [-0.25, -0.2) is 0 Å². The molecule has 0 unspecified atom stereocenters. The summed E-state index contributed by atoms with van der Waals surface area (Å²) in [6, 6.07) is 10.2. The van der Waals surface area contributed by atoms with E-state index in [1.165, 1.54) is 11.1 Å². The van der Waals surface area contributed by atoms with E-state index in [0.29, 0.717) is 6.54 Å². The number of pyridine rings is 1. The summed E-state index contributed by atoms with van der Waals surface area (Å²) < 4.78 is 0. The molecule has 0 aliphatic heterocycles. The van der Waals surface area contributed by atoms with Gasteiger partial charge in [-0.1, -0.05) is 12.1 Å². The Morgan fingerprint density at radius 1 is 1.24 bits per heavy atom. The van der Waals surface area contributed by atoms with E-state index in [-0.39, 0.29) is 11.8 Å². The third kappa shape index (κ3) is 3.13. The Morgan fingerprint density at radius 3 is 2.67 bits per heavy atom. The third-order valence-corrected chi connectivity index (χ3v) is 4.06. The van der Waals surface area contributed by atoms with Crippen LogP contribution >= 0.6 is 0 Å². The number of carbonyl (C=O) groups is 1. The molecule has 108 valence electrons. The molecule has 0 N–H and O–H groups in total. The third-order valence-electron chi connectivity index (χ3n) is 4.06. The van der Waals surface area contributed by atoms with Crippen LogP contribution in [-0.2, 0) is 11.3 Å². The summed E-state index contributed by atoms with van der Waals surface area (Å²) in [5, 5.41) is 0.